The number of hydrogen-bond acceptors (Lipinski definition) is 4. The third-order valence-corrected chi connectivity index (χ3v) is 3.92. The quantitative estimate of drug-likeness (QED) is 0.704. The standard InChI is InChI=1S/C17H11F4N5/c18-12-3-1-11(2-4-12)14-9-13(10-5-7-22-8-6-10)23-16-24-15(17(19,20)21)25-26(14)16/h1-9,14H,(H,23,24,25). The largest absolute Gasteiger partial charge is 0.453 e. The van der Waals surface area contributed by atoms with Gasteiger partial charge in [0, 0.05) is 23.7 Å². The maximum Gasteiger partial charge on any atom is 0.453 e. The van der Waals surface area contributed by atoms with Gasteiger partial charge in [0.25, 0.3) is 5.82 Å². The molecule has 0 amide bonds. The summed E-state index contributed by atoms with van der Waals surface area (Å²) in [6.45, 7) is 0. The predicted molar refractivity (Wildman–Crippen MR) is 85.4 cm³/mol. The Hall–Kier alpha value is -3.23. The lowest BCUT2D eigenvalue weighted by molar-refractivity contribution is -0.145. The molecule has 0 saturated heterocycles. The number of nitrogens with zero attached hydrogens (tertiary/aromatic N) is 4. The maximum atomic E-state index is 13.2. The molecule has 1 aromatic carbocycles. The van der Waals surface area contributed by atoms with Crippen LogP contribution in [0.4, 0.5) is 23.5 Å². The van der Waals surface area contributed by atoms with Crippen LogP contribution in [0.2, 0.25) is 0 Å². The first kappa shape index (κ1) is 16.2. The van der Waals surface area contributed by atoms with E-state index in [4.69, 9.17) is 0 Å². The number of hydrogen-bond donors (Lipinski definition) is 1. The zero-order chi connectivity index (χ0) is 18.3. The first-order valence-electron chi connectivity index (χ1n) is 7.60. The summed E-state index contributed by atoms with van der Waals surface area (Å²) >= 11 is 0. The molecule has 0 saturated carbocycles. The molecule has 9 heteroatoms. The van der Waals surface area contributed by atoms with Gasteiger partial charge in [-0.15, -0.1) is 5.10 Å². The van der Waals surface area contributed by atoms with Gasteiger partial charge in [-0.05, 0) is 35.9 Å². The highest BCUT2D eigenvalue weighted by molar-refractivity contribution is 5.76. The Kier molecular flexibility index (Phi) is 3.71. The second-order valence-corrected chi connectivity index (χ2v) is 5.64. The molecule has 1 atom stereocenters. The van der Waals surface area contributed by atoms with E-state index in [0.717, 1.165) is 10.2 Å². The number of aromatic nitrogens is 4. The molecule has 0 spiro atoms. The molecule has 26 heavy (non-hydrogen) atoms. The average Bonchev–Trinajstić information content (AvgIpc) is 3.07. The molecule has 3 heterocycles. The van der Waals surface area contributed by atoms with E-state index in [2.05, 4.69) is 20.4 Å². The molecule has 1 aliphatic rings. The molecule has 1 aliphatic heterocycles. The molecule has 0 bridgehead atoms. The molecule has 0 radical (unpaired) electrons. The normalized spacial score (nSPS) is 16.6. The van der Waals surface area contributed by atoms with E-state index >= 15 is 0 Å². The van der Waals surface area contributed by atoms with Gasteiger partial charge in [0.05, 0.1) is 0 Å². The number of nitrogens with one attached hydrogen (secondary N) is 1. The smallest absolute Gasteiger partial charge is 0.324 e. The summed E-state index contributed by atoms with van der Waals surface area (Å²) in [7, 11) is 0. The molecule has 0 aliphatic carbocycles. The van der Waals surface area contributed by atoms with Crippen molar-refractivity contribution in [3.63, 3.8) is 0 Å². The second kappa shape index (κ2) is 5.94. The fraction of sp³-hybridized carbons (Fsp3) is 0.118. The zero-order valence-electron chi connectivity index (χ0n) is 13.1. The first-order chi connectivity index (χ1) is 12.4. The molecule has 5 nitrogen and oxygen atoms in total. The van der Waals surface area contributed by atoms with E-state index in [1.807, 2.05) is 0 Å². The van der Waals surface area contributed by atoms with E-state index in [1.165, 1.54) is 24.3 Å². The molecule has 2 aromatic heterocycles. The Balaban J connectivity index is 1.84. The molecule has 4 rings (SSSR count). The average molecular weight is 361 g/mol. The number of rotatable bonds is 2. The summed E-state index contributed by atoms with van der Waals surface area (Å²) in [6, 6.07) is 8.28. The van der Waals surface area contributed by atoms with Crippen molar-refractivity contribution in [1.29, 1.82) is 0 Å². The van der Waals surface area contributed by atoms with Crippen LogP contribution >= 0.6 is 0 Å². The lowest BCUT2D eigenvalue weighted by Gasteiger charge is -2.24. The number of pyridine rings is 1. The SMILES string of the molecule is Fc1ccc(C2C=C(c3ccncc3)Nc3nc(C(F)(F)F)nn32)cc1. The van der Waals surface area contributed by atoms with Crippen LogP contribution in [0.1, 0.15) is 23.0 Å². The van der Waals surface area contributed by atoms with E-state index < -0.39 is 23.9 Å². The van der Waals surface area contributed by atoms with Gasteiger partial charge in [0.1, 0.15) is 11.9 Å². The van der Waals surface area contributed by atoms with Gasteiger partial charge in [-0.25, -0.2) is 9.07 Å². The van der Waals surface area contributed by atoms with E-state index in [-0.39, 0.29) is 5.95 Å². The Morgan fingerprint density at radius 2 is 1.69 bits per heavy atom. The third kappa shape index (κ3) is 2.92. The lowest BCUT2D eigenvalue weighted by Crippen LogP contribution is -2.20. The van der Waals surface area contributed by atoms with Crippen molar-refractivity contribution in [2.24, 2.45) is 0 Å². The Morgan fingerprint density at radius 1 is 1.00 bits per heavy atom. The van der Waals surface area contributed by atoms with Crippen molar-refractivity contribution < 1.29 is 17.6 Å². The maximum absolute atomic E-state index is 13.2. The lowest BCUT2D eigenvalue weighted by atomic mass is 10.0. The Labute approximate surface area is 145 Å². The van der Waals surface area contributed by atoms with Crippen LogP contribution in [0.3, 0.4) is 0 Å². The minimum Gasteiger partial charge on any atom is -0.324 e. The monoisotopic (exact) mass is 361 g/mol. The Morgan fingerprint density at radius 3 is 2.35 bits per heavy atom. The second-order valence-electron chi connectivity index (χ2n) is 5.64. The molecular weight excluding hydrogens is 350 g/mol. The molecule has 132 valence electrons. The van der Waals surface area contributed by atoms with Gasteiger partial charge >= 0.3 is 6.18 Å². The molecule has 3 aromatic rings. The molecule has 0 fully saturated rings. The predicted octanol–water partition coefficient (Wildman–Crippen LogP) is 3.89. The third-order valence-electron chi connectivity index (χ3n) is 3.92. The summed E-state index contributed by atoms with van der Waals surface area (Å²) in [6.07, 6.45) is 0.192. The minimum atomic E-state index is -4.67. The van der Waals surface area contributed by atoms with E-state index in [1.54, 1.807) is 30.6 Å². The van der Waals surface area contributed by atoms with Crippen LogP contribution in [-0.2, 0) is 6.18 Å². The van der Waals surface area contributed by atoms with E-state index in [9.17, 15) is 17.6 Å². The summed E-state index contributed by atoms with van der Waals surface area (Å²) < 4.78 is 53.5. The van der Waals surface area contributed by atoms with Gasteiger partial charge < -0.3 is 5.32 Å². The van der Waals surface area contributed by atoms with Crippen molar-refractivity contribution in [3.05, 3.63) is 77.6 Å². The highest BCUT2D eigenvalue weighted by atomic mass is 19.4. The summed E-state index contributed by atoms with van der Waals surface area (Å²) in [5.41, 5.74) is 1.88. The van der Waals surface area contributed by atoms with Crippen LogP contribution in [-0.4, -0.2) is 19.7 Å². The highest BCUT2D eigenvalue weighted by Crippen LogP contribution is 2.35. The number of halogens is 4. The first-order valence-corrected chi connectivity index (χ1v) is 7.60. The summed E-state index contributed by atoms with van der Waals surface area (Å²) in [4.78, 5) is 7.51. The number of allylic oxidation sites excluding steroid dienone is 1. The number of alkyl halides is 3. The van der Waals surface area contributed by atoms with Crippen LogP contribution in [0.5, 0.6) is 0 Å². The van der Waals surface area contributed by atoms with Crippen molar-refractivity contribution in [2.75, 3.05) is 5.32 Å². The van der Waals surface area contributed by atoms with Crippen molar-refractivity contribution in [2.45, 2.75) is 12.2 Å². The van der Waals surface area contributed by atoms with Gasteiger partial charge in [-0.1, -0.05) is 12.1 Å². The molecule has 1 unspecified atom stereocenters. The highest BCUT2D eigenvalue weighted by Gasteiger charge is 2.39. The molecule has 1 N–H and O–H groups in total. The van der Waals surface area contributed by atoms with Crippen LogP contribution in [0, 0.1) is 5.82 Å². The van der Waals surface area contributed by atoms with Crippen LogP contribution in [0.15, 0.2) is 54.9 Å². The summed E-state index contributed by atoms with van der Waals surface area (Å²) in [5, 5.41) is 6.46. The van der Waals surface area contributed by atoms with Crippen molar-refractivity contribution in [1.82, 2.24) is 19.7 Å². The van der Waals surface area contributed by atoms with E-state index in [0.29, 0.717) is 11.3 Å². The molecular formula is C17H11F4N5. The van der Waals surface area contributed by atoms with Gasteiger partial charge in [-0.2, -0.15) is 18.2 Å². The number of fused-ring (bicyclic) bond motifs is 1. The van der Waals surface area contributed by atoms with Gasteiger partial charge in [-0.3, -0.25) is 4.98 Å². The fourth-order valence-corrected chi connectivity index (χ4v) is 2.71. The zero-order valence-corrected chi connectivity index (χ0v) is 13.1. The van der Waals surface area contributed by atoms with Gasteiger partial charge in [0.15, 0.2) is 0 Å². The van der Waals surface area contributed by atoms with Crippen LogP contribution < -0.4 is 5.32 Å². The van der Waals surface area contributed by atoms with Gasteiger partial charge in [0.2, 0.25) is 5.95 Å². The van der Waals surface area contributed by atoms with Crippen molar-refractivity contribution >= 4 is 11.6 Å². The van der Waals surface area contributed by atoms with Crippen LogP contribution in [0.25, 0.3) is 5.70 Å². The number of benzene rings is 1. The number of anilines is 1. The Bertz CT molecular complexity index is 961. The van der Waals surface area contributed by atoms with Crippen molar-refractivity contribution in [3.8, 4) is 0 Å². The fourth-order valence-electron chi connectivity index (χ4n) is 2.71. The minimum absolute atomic E-state index is 0.0408. The summed E-state index contributed by atoms with van der Waals surface area (Å²) in [5.74, 6) is -1.71. The topological polar surface area (TPSA) is 55.6 Å².